The van der Waals surface area contributed by atoms with Crippen LogP contribution in [0.1, 0.15) is 17.3 Å². The standard InChI is InChI=1S/C19H17NO5S/c1-11-10-26(23,24)19-17(25-2)18(22)20(19)15(11)16(21)14-8-7-12-5-3-4-6-13(12)9-14/h3-9,17,19H,10H2,1-2H3/t17-,19+/m0/s1. The number of Topliss-reactive ketones (excluding diaryl/α,β-unsaturated/α-hetero) is 1. The van der Waals surface area contributed by atoms with Crippen molar-refractivity contribution in [2.24, 2.45) is 0 Å². The van der Waals surface area contributed by atoms with Crippen LogP contribution >= 0.6 is 0 Å². The fraction of sp³-hybridized carbons (Fsp3) is 0.263. The Balaban J connectivity index is 1.80. The molecule has 1 saturated heterocycles. The summed E-state index contributed by atoms with van der Waals surface area (Å²) in [7, 11) is -2.28. The third-order valence-corrected chi connectivity index (χ3v) is 6.94. The fourth-order valence-corrected chi connectivity index (χ4v) is 5.72. The molecule has 0 N–H and O–H groups in total. The minimum Gasteiger partial charge on any atom is -0.368 e. The van der Waals surface area contributed by atoms with Gasteiger partial charge in [0.2, 0.25) is 5.78 Å². The summed E-state index contributed by atoms with van der Waals surface area (Å²) in [6.45, 7) is 1.58. The molecule has 2 aromatic rings. The average molecular weight is 371 g/mol. The Kier molecular flexibility index (Phi) is 3.75. The van der Waals surface area contributed by atoms with Gasteiger partial charge in [-0.3, -0.25) is 14.5 Å². The number of hydrogen-bond acceptors (Lipinski definition) is 5. The number of sulfone groups is 1. The second-order valence-electron chi connectivity index (χ2n) is 6.58. The van der Waals surface area contributed by atoms with Crippen LogP contribution in [0.15, 0.2) is 53.7 Å². The van der Waals surface area contributed by atoms with Gasteiger partial charge < -0.3 is 4.74 Å². The predicted molar refractivity (Wildman–Crippen MR) is 96.2 cm³/mol. The quantitative estimate of drug-likeness (QED) is 0.608. The molecule has 0 bridgehead atoms. The molecule has 2 heterocycles. The van der Waals surface area contributed by atoms with E-state index in [-0.39, 0.29) is 17.2 Å². The topological polar surface area (TPSA) is 80.8 Å². The van der Waals surface area contributed by atoms with Gasteiger partial charge in [-0.2, -0.15) is 0 Å². The van der Waals surface area contributed by atoms with E-state index in [9.17, 15) is 18.0 Å². The molecule has 1 amide bonds. The number of carbonyl (C=O) groups excluding carboxylic acids is 2. The Morgan fingerprint density at radius 2 is 1.85 bits per heavy atom. The van der Waals surface area contributed by atoms with Crippen LogP contribution in [0.25, 0.3) is 10.8 Å². The second-order valence-corrected chi connectivity index (χ2v) is 8.68. The van der Waals surface area contributed by atoms with Gasteiger partial charge in [-0.1, -0.05) is 36.4 Å². The number of benzene rings is 2. The summed E-state index contributed by atoms with van der Waals surface area (Å²) in [6.07, 6.45) is -1.05. The van der Waals surface area contributed by atoms with Crippen LogP contribution in [0.2, 0.25) is 0 Å². The highest BCUT2D eigenvalue weighted by Gasteiger charge is 2.59. The van der Waals surface area contributed by atoms with E-state index in [1.54, 1.807) is 19.1 Å². The molecule has 0 radical (unpaired) electrons. The van der Waals surface area contributed by atoms with Crippen molar-refractivity contribution in [3.63, 3.8) is 0 Å². The van der Waals surface area contributed by atoms with E-state index in [2.05, 4.69) is 0 Å². The van der Waals surface area contributed by atoms with Crippen molar-refractivity contribution in [1.29, 1.82) is 0 Å². The molecule has 6 nitrogen and oxygen atoms in total. The Labute approximate surface area is 151 Å². The lowest BCUT2D eigenvalue weighted by molar-refractivity contribution is -0.158. The maximum Gasteiger partial charge on any atom is 0.260 e. The molecule has 2 atom stereocenters. The maximum absolute atomic E-state index is 13.1. The van der Waals surface area contributed by atoms with Gasteiger partial charge in [-0.15, -0.1) is 0 Å². The number of rotatable bonds is 3. The number of ether oxygens (including phenoxy) is 1. The minimum absolute atomic E-state index is 0.151. The Morgan fingerprint density at radius 3 is 2.54 bits per heavy atom. The first-order chi connectivity index (χ1) is 12.3. The van der Waals surface area contributed by atoms with Crippen molar-refractivity contribution in [2.45, 2.75) is 18.4 Å². The highest BCUT2D eigenvalue weighted by Crippen LogP contribution is 2.39. The molecule has 0 spiro atoms. The lowest BCUT2D eigenvalue weighted by Gasteiger charge is -2.48. The predicted octanol–water partition coefficient (Wildman–Crippen LogP) is 1.91. The maximum atomic E-state index is 13.1. The van der Waals surface area contributed by atoms with Crippen LogP contribution < -0.4 is 0 Å². The van der Waals surface area contributed by atoms with Gasteiger partial charge in [0, 0.05) is 12.7 Å². The smallest absolute Gasteiger partial charge is 0.260 e. The average Bonchev–Trinajstić information content (AvgIpc) is 2.61. The first-order valence-corrected chi connectivity index (χ1v) is 9.87. The highest BCUT2D eigenvalue weighted by molar-refractivity contribution is 7.92. The molecule has 4 rings (SSSR count). The molecule has 0 aromatic heterocycles. The number of ketones is 1. The highest BCUT2D eigenvalue weighted by atomic mass is 32.2. The molecule has 2 aliphatic rings. The van der Waals surface area contributed by atoms with Gasteiger partial charge in [0.15, 0.2) is 21.3 Å². The first-order valence-electron chi connectivity index (χ1n) is 8.16. The van der Waals surface area contributed by atoms with E-state index in [0.29, 0.717) is 11.1 Å². The number of carbonyl (C=O) groups is 2. The molecule has 0 unspecified atom stereocenters. The zero-order chi connectivity index (χ0) is 18.6. The lowest BCUT2D eigenvalue weighted by atomic mass is 9.97. The SMILES string of the molecule is CO[C@H]1C(=O)N2C(C(=O)c3ccc4ccccc4c3)=C(C)CS(=O)(=O)[C@H]12. The summed E-state index contributed by atoms with van der Waals surface area (Å²) in [5, 5.41) is 0.780. The van der Waals surface area contributed by atoms with Crippen molar-refractivity contribution in [3.8, 4) is 0 Å². The molecule has 134 valence electrons. The summed E-state index contributed by atoms with van der Waals surface area (Å²) in [6, 6.07) is 12.9. The zero-order valence-corrected chi connectivity index (χ0v) is 15.1. The summed E-state index contributed by atoms with van der Waals surface area (Å²) in [4.78, 5) is 26.6. The number of methoxy groups -OCH3 is 1. The normalized spacial score (nSPS) is 24.4. The lowest BCUT2D eigenvalue weighted by Crippen LogP contribution is -2.70. The Bertz CT molecular complexity index is 1090. The number of amides is 1. The van der Waals surface area contributed by atoms with Gasteiger partial charge in [-0.05, 0) is 29.3 Å². The van der Waals surface area contributed by atoms with Crippen molar-refractivity contribution in [2.75, 3.05) is 12.9 Å². The molecular weight excluding hydrogens is 354 g/mol. The van der Waals surface area contributed by atoms with Crippen LogP contribution in [0.4, 0.5) is 0 Å². The molecule has 7 heteroatoms. The van der Waals surface area contributed by atoms with Gasteiger partial charge in [-0.25, -0.2) is 8.42 Å². The molecule has 0 saturated carbocycles. The molecular formula is C19H17NO5S. The van der Waals surface area contributed by atoms with E-state index >= 15 is 0 Å². The Morgan fingerprint density at radius 1 is 1.15 bits per heavy atom. The van der Waals surface area contributed by atoms with Crippen LogP contribution in [-0.2, 0) is 19.4 Å². The van der Waals surface area contributed by atoms with Gasteiger partial charge in [0.25, 0.3) is 5.91 Å². The van der Waals surface area contributed by atoms with E-state index in [4.69, 9.17) is 4.74 Å². The first kappa shape index (κ1) is 16.9. The van der Waals surface area contributed by atoms with Crippen molar-refractivity contribution in [1.82, 2.24) is 4.90 Å². The number of allylic oxidation sites excluding steroid dienone is 1. The van der Waals surface area contributed by atoms with Crippen molar-refractivity contribution < 1.29 is 22.7 Å². The second kappa shape index (κ2) is 5.75. The monoisotopic (exact) mass is 371 g/mol. The minimum atomic E-state index is -3.58. The van der Waals surface area contributed by atoms with Crippen LogP contribution in [0, 0.1) is 0 Å². The molecule has 1 fully saturated rings. The third kappa shape index (κ3) is 2.31. The molecule has 2 aliphatic heterocycles. The zero-order valence-electron chi connectivity index (χ0n) is 14.3. The summed E-state index contributed by atoms with van der Waals surface area (Å²) >= 11 is 0. The van der Waals surface area contributed by atoms with Crippen molar-refractivity contribution >= 4 is 32.3 Å². The van der Waals surface area contributed by atoms with E-state index in [1.807, 2.05) is 30.3 Å². The largest absolute Gasteiger partial charge is 0.368 e. The van der Waals surface area contributed by atoms with Crippen LogP contribution in [-0.4, -0.2) is 49.3 Å². The molecule has 26 heavy (non-hydrogen) atoms. The number of hydrogen-bond donors (Lipinski definition) is 0. The Hall–Kier alpha value is -2.51. The van der Waals surface area contributed by atoms with E-state index in [1.165, 1.54) is 7.11 Å². The summed E-state index contributed by atoms with van der Waals surface area (Å²) in [5.41, 5.74) is 0.950. The van der Waals surface area contributed by atoms with Crippen LogP contribution in [0.3, 0.4) is 0 Å². The molecule has 2 aromatic carbocycles. The fourth-order valence-electron chi connectivity index (χ4n) is 3.67. The summed E-state index contributed by atoms with van der Waals surface area (Å²) < 4.78 is 29.9. The number of nitrogens with zero attached hydrogens (tertiary/aromatic N) is 1. The van der Waals surface area contributed by atoms with Crippen LogP contribution in [0.5, 0.6) is 0 Å². The van der Waals surface area contributed by atoms with Gasteiger partial charge >= 0.3 is 0 Å². The third-order valence-electron chi connectivity index (χ3n) is 4.91. The number of β-lactam (4-membered cyclic amide) rings is 1. The van der Waals surface area contributed by atoms with Gasteiger partial charge in [0.05, 0.1) is 11.4 Å². The molecule has 0 aliphatic carbocycles. The van der Waals surface area contributed by atoms with E-state index in [0.717, 1.165) is 15.7 Å². The van der Waals surface area contributed by atoms with Crippen molar-refractivity contribution in [3.05, 3.63) is 59.3 Å². The summed E-state index contributed by atoms with van der Waals surface area (Å²) in [5.74, 6) is -1.10. The van der Waals surface area contributed by atoms with E-state index < -0.39 is 27.2 Å². The van der Waals surface area contributed by atoms with Gasteiger partial charge in [0.1, 0.15) is 0 Å². The number of fused-ring (bicyclic) bond motifs is 2.